The number of aromatic nitrogens is 1. The van der Waals surface area contributed by atoms with E-state index in [9.17, 15) is 4.79 Å². The van der Waals surface area contributed by atoms with Crippen LogP contribution < -0.4 is 0 Å². The molecule has 18 heavy (non-hydrogen) atoms. The molecule has 0 unspecified atom stereocenters. The van der Waals surface area contributed by atoms with E-state index >= 15 is 0 Å². The van der Waals surface area contributed by atoms with Crippen molar-refractivity contribution in [3.8, 4) is 0 Å². The number of hydrogen-bond acceptors (Lipinski definition) is 4. The van der Waals surface area contributed by atoms with Crippen LogP contribution in [0.3, 0.4) is 0 Å². The number of nitrogens with zero attached hydrogens (tertiary/aromatic N) is 1. The third-order valence-electron chi connectivity index (χ3n) is 2.31. The fraction of sp³-hybridized carbons (Fsp3) is 0.231. The van der Waals surface area contributed by atoms with Crippen LogP contribution in [0.1, 0.15) is 16.3 Å². The molecule has 0 spiro atoms. The summed E-state index contributed by atoms with van der Waals surface area (Å²) < 4.78 is 6.20. The van der Waals surface area contributed by atoms with E-state index in [0.29, 0.717) is 6.61 Å². The molecule has 0 aliphatic rings. The van der Waals surface area contributed by atoms with E-state index in [1.54, 1.807) is 0 Å². The van der Waals surface area contributed by atoms with Crippen molar-refractivity contribution in [3.63, 3.8) is 0 Å². The van der Waals surface area contributed by atoms with Crippen LogP contribution >= 0.6 is 27.3 Å². The first-order valence-corrected chi connectivity index (χ1v) is 7.12. The molecule has 0 saturated carbocycles. The minimum atomic E-state index is -0.247. The van der Waals surface area contributed by atoms with Gasteiger partial charge >= 0.3 is 5.97 Å². The van der Waals surface area contributed by atoms with Crippen LogP contribution in [0.4, 0.5) is 0 Å². The lowest BCUT2D eigenvalue weighted by Crippen LogP contribution is -2.08. The molecular formula is C13H12BrNO2S. The SMILES string of the molecule is Cc1nc(CC(=O)OCc2ccc(Br)cc2)cs1. The highest BCUT2D eigenvalue weighted by Gasteiger charge is 2.07. The van der Waals surface area contributed by atoms with Gasteiger partial charge in [-0.2, -0.15) is 0 Å². The lowest BCUT2D eigenvalue weighted by molar-refractivity contribution is -0.144. The lowest BCUT2D eigenvalue weighted by atomic mass is 10.2. The maximum absolute atomic E-state index is 11.6. The number of carbonyl (C=O) groups excluding carboxylic acids is 1. The van der Waals surface area contributed by atoms with Gasteiger partial charge in [-0.25, -0.2) is 4.98 Å². The van der Waals surface area contributed by atoms with Crippen LogP contribution in [0.25, 0.3) is 0 Å². The first kappa shape index (κ1) is 13.2. The van der Waals surface area contributed by atoms with E-state index in [4.69, 9.17) is 4.74 Å². The highest BCUT2D eigenvalue weighted by atomic mass is 79.9. The number of esters is 1. The number of ether oxygens (including phenoxy) is 1. The molecule has 94 valence electrons. The number of benzene rings is 1. The fourth-order valence-corrected chi connectivity index (χ4v) is 2.31. The van der Waals surface area contributed by atoms with E-state index in [1.807, 2.05) is 36.6 Å². The average molecular weight is 326 g/mol. The van der Waals surface area contributed by atoms with Crippen LogP contribution in [0.15, 0.2) is 34.1 Å². The van der Waals surface area contributed by atoms with Gasteiger partial charge in [-0.15, -0.1) is 11.3 Å². The number of hydrogen-bond donors (Lipinski definition) is 0. The number of halogens is 1. The van der Waals surface area contributed by atoms with Crippen molar-refractivity contribution in [2.24, 2.45) is 0 Å². The Labute approximate surface area is 118 Å². The molecule has 2 rings (SSSR count). The molecule has 2 aromatic rings. The molecule has 0 aliphatic heterocycles. The maximum Gasteiger partial charge on any atom is 0.312 e. The van der Waals surface area contributed by atoms with Crippen molar-refractivity contribution >= 4 is 33.2 Å². The summed E-state index contributed by atoms with van der Waals surface area (Å²) in [7, 11) is 0. The van der Waals surface area contributed by atoms with Crippen molar-refractivity contribution in [1.82, 2.24) is 4.98 Å². The minimum Gasteiger partial charge on any atom is -0.461 e. The van der Waals surface area contributed by atoms with Crippen LogP contribution in [0.5, 0.6) is 0 Å². The molecule has 0 fully saturated rings. The molecule has 0 bridgehead atoms. The quantitative estimate of drug-likeness (QED) is 0.807. The Kier molecular flexibility index (Phi) is 4.49. The highest BCUT2D eigenvalue weighted by Crippen LogP contribution is 2.12. The predicted octanol–water partition coefficient (Wildman–Crippen LogP) is 3.50. The van der Waals surface area contributed by atoms with Gasteiger partial charge in [0.2, 0.25) is 0 Å². The monoisotopic (exact) mass is 325 g/mol. The molecule has 0 atom stereocenters. The van der Waals surface area contributed by atoms with Gasteiger partial charge in [0.25, 0.3) is 0 Å². The highest BCUT2D eigenvalue weighted by molar-refractivity contribution is 9.10. The Morgan fingerprint density at radius 3 is 2.72 bits per heavy atom. The molecule has 0 N–H and O–H groups in total. The number of aryl methyl sites for hydroxylation is 1. The number of thiazole rings is 1. The average Bonchev–Trinajstić information content (AvgIpc) is 2.74. The second kappa shape index (κ2) is 6.11. The first-order chi connectivity index (χ1) is 8.63. The summed E-state index contributed by atoms with van der Waals surface area (Å²) in [4.78, 5) is 15.8. The summed E-state index contributed by atoms with van der Waals surface area (Å²) in [5, 5.41) is 2.85. The van der Waals surface area contributed by atoms with Gasteiger partial charge in [0.05, 0.1) is 17.1 Å². The largest absolute Gasteiger partial charge is 0.461 e. The summed E-state index contributed by atoms with van der Waals surface area (Å²) in [6.45, 7) is 2.22. The van der Waals surface area contributed by atoms with E-state index in [2.05, 4.69) is 20.9 Å². The smallest absolute Gasteiger partial charge is 0.312 e. The second-order valence-electron chi connectivity index (χ2n) is 3.82. The number of rotatable bonds is 4. The van der Waals surface area contributed by atoms with Gasteiger partial charge in [0.15, 0.2) is 0 Å². The molecule has 1 aromatic carbocycles. The molecule has 3 nitrogen and oxygen atoms in total. The van der Waals surface area contributed by atoms with Crippen LogP contribution in [0, 0.1) is 6.92 Å². The van der Waals surface area contributed by atoms with Crippen molar-refractivity contribution in [2.45, 2.75) is 20.0 Å². The van der Waals surface area contributed by atoms with Gasteiger partial charge in [0, 0.05) is 9.85 Å². The summed E-state index contributed by atoms with van der Waals surface area (Å²) in [6, 6.07) is 7.69. The third-order valence-corrected chi connectivity index (χ3v) is 3.66. The molecule has 1 heterocycles. The zero-order valence-electron chi connectivity index (χ0n) is 9.85. The van der Waals surface area contributed by atoms with Crippen LogP contribution in [-0.4, -0.2) is 11.0 Å². The van der Waals surface area contributed by atoms with Crippen molar-refractivity contribution < 1.29 is 9.53 Å². The summed E-state index contributed by atoms with van der Waals surface area (Å²) in [6.07, 6.45) is 0.237. The molecule has 0 saturated heterocycles. The summed E-state index contributed by atoms with van der Waals surface area (Å²) >= 11 is 4.90. The Morgan fingerprint density at radius 2 is 2.11 bits per heavy atom. The standard InChI is InChI=1S/C13H12BrNO2S/c1-9-15-12(8-18-9)6-13(16)17-7-10-2-4-11(14)5-3-10/h2-5,8H,6-7H2,1H3. The van der Waals surface area contributed by atoms with Gasteiger partial charge < -0.3 is 4.74 Å². The van der Waals surface area contributed by atoms with Gasteiger partial charge in [-0.05, 0) is 24.6 Å². The zero-order chi connectivity index (χ0) is 13.0. The van der Waals surface area contributed by atoms with E-state index in [0.717, 1.165) is 20.7 Å². The fourth-order valence-electron chi connectivity index (χ4n) is 1.43. The topological polar surface area (TPSA) is 39.2 Å². The molecular weight excluding hydrogens is 314 g/mol. The molecule has 0 radical (unpaired) electrons. The predicted molar refractivity (Wildman–Crippen MR) is 74.5 cm³/mol. The zero-order valence-corrected chi connectivity index (χ0v) is 12.3. The van der Waals surface area contributed by atoms with E-state index < -0.39 is 0 Å². The Morgan fingerprint density at radius 1 is 1.39 bits per heavy atom. The molecule has 1 aromatic heterocycles. The number of carbonyl (C=O) groups is 1. The van der Waals surface area contributed by atoms with E-state index in [1.165, 1.54) is 11.3 Å². The molecule has 0 aliphatic carbocycles. The van der Waals surface area contributed by atoms with Crippen molar-refractivity contribution in [3.05, 3.63) is 50.4 Å². The molecule has 5 heteroatoms. The normalized spacial score (nSPS) is 10.3. The Bertz CT molecular complexity index is 536. The lowest BCUT2D eigenvalue weighted by Gasteiger charge is -2.04. The van der Waals surface area contributed by atoms with Crippen LogP contribution in [0.2, 0.25) is 0 Å². The Hall–Kier alpha value is -1.20. The van der Waals surface area contributed by atoms with Gasteiger partial charge in [0.1, 0.15) is 6.61 Å². The Balaban J connectivity index is 1.83. The summed E-state index contributed by atoms with van der Waals surface area (Å²) in [5.41, 5.74) is 1.75. The van der Waals surface area contributed by atoms with Crippen molar-refractivity contribution in [1.29, 1.82) is 0 Å². The maximum atomic E-state index is 11.6. The van der Waals surface area contributed by atoms with Gasteiger partial charge in [-0.1, -0.05) is 28.1 Å². The third kappa shape index (κ3) is 3.92. The summed E-state index contributed by atoms with van der Waals surface area (Å²) in [5.74, 6) is -0.247. The minimum absolute atomic E-state index is 0.237. The van der Waals surface area contributed by atoms with Gasteiger partial charge in [-0.3, -0.25) is 4.79 Å². The second-order valence-corrected chi connectivity index (χ2v) is 5.80. The van der Waals surface area contributed by atoms with Crippen LogP contribution in [-0.2, 0) is 22.6 Å². The molecule has 0 amide bonds. The van der Waals surface area contributed by atoms with E-state index in [-0.39, 0.29) is 12.4 Å². The first-order valence-electron chi connectivity index (χ1n) is 5.44. The van der Waals surface area contributed by atoms with Crippen molar-refractivity contribution in [2.75, 3.05) is 0 Å².